The number of halogens is 1. The number of rotatable bonds is 4. The van der Waals surface area contributed by atoms with Gasteiger partial charge in [0.15, 0.2) is 11.8 Å². The number of anilines is 1. The first-order chi connectivity index (χ1) is 13.5. The van der Waals surface area contributed by atoms with E-state index >= 15 is 0 Å². The number of amides is 1. The predicted octanol–water partition coefficient (Wildman–Crippen LogP) is 3.52. The van der Waals surface area contributed by atoms with Crippen molar-refractivity contribution in [2.45, 2.75) is 19.4 Å². The van der Waals surface area contributed by atoms with Crippen molar-refractivity contribution < 1.29 is 14.3 Å². The first kappa shape index (κ1) is 18.3. The Bertz CT molecular complexity index is 1090. The van der Waals surface area contributed by atoms with Gasteiger partial charge in [-0.15, -0.1) is 0 Å². The third-order valence-electron chi connectivity index (χ3n) is 4.71. The van der Waals surface area contributed by atoms with Gasteiger partial charge >= 0.3 is 5.97 Å². The summed E-state index contributed by atoms with van der Waals surface area (Å²) in [7, 11) is 0. The molecule has 0 spiro atoms. The van der Waals surface area contributed by atoms with E-state index in [1.807, 2.05) is 49.4 Å². The van der Waals surface area contributed by atoms with E-state index in [0.717, 1.165) is 17.7 Å². The van der Waals surface area contributed by atoms with Gasteiger partial charge in [0.2, 0.25) is 0 Å². The summed E-state index contributed by atoms with van der Waals surface area (Å²) in [6.45, 7) is 1.66. The molecule has 142 valence electrons. The third kappa shape index (κ3) is 3.39. The van der Waals surface area contributed by atoms with Crippen LogP contribution in [-0.4, -0.2) is 33.9 Å². The predicted molar refractivity (Wildman–Crippen MR) is 107 cm³/mol. The van der Waals surface area contributed by atoms with Gasteiger partial charge in [0.1, 0.15) is 5.65 Å². The third-order valence-corrected chi connectivity index (χ3v) is 4.99. The van der Waals surface area contributed by atoms with Gasteiger partial charge < -0.3 is 9.64 Å². The lowest BCUT2D eigenvalue weighted by molar-refractivity contribution is -0.143. The summed E-state index contributed by atoms with van der Waals surface area (Å²) in [5, 5.41) is 0.286. The van der Waals surface area contributed by atoms with Crippen LogP contribution in [-0.2, 0) is 20.7 Å². The number of pyridine rings is 1. The van der Waals surface area contributed by atoms with Crippen LogP contribution in [0, 0.1) is 0 Å². The van der Waals surface area contributed by atoms with Gasteiger partial charge in [0, 0.05) is 24.0 Å². The van der Waals surface area contributed by atoms with Crippen LogP contribution in [0.25, 0.3) is 11.7 Å². The Morgan fingerprint density at radius 2 is 2.04 bits per heavy atom. The summed E-state index contributed by atoms with van der Waals surface area (Å²) < 4.78 is 6.90. The summed E-state index contributed by atoms with van der Waals surface area (Å²) >= 11 is 6.13. The topological polar surface area (TPSA) is 63.9 Å². The highest BCUT2D eigenvalue weighted by Crippen LogP contribution is 2.31. The number of hydrogen-bond donors (Lipinski definition) is 0. The lowest BCUT2D eigenvalue weighted by Gasteiger charge is -2.22. The standard InChI is InChI=1S/C21H18ClN3O3/c1-14-12-15-6-2-3-7-16(15)25(14)19(26)13-28-20(27)10-9-17-21(22)23-18-8-4-5-11-24(17)18/h2-11,14H,12-13H2,1H3/b10-9+/t14-/m1/s1. The van der Waals surface area contributed by atoms with Crippen molar-refractivity contribution in [3.05, 3.63) is 71.1 Å². The van der Waals surface area contributed by atoms with Crippen molar-refractivity contribution in [2.75, 3.05) is 11.5 Å². The van der Waals surface area contributed by atoms with Crippen LogP contribution in [0.15, 0.2) is 54.7 Å². The number of hydrogen-bond acceptors (Lipinski definition) is 4. The van der Waals surface area contributed by atoms with Crippen LogP contribution < -0.4 is 4.90 Å². The largest absolute Gasteiger partial charge is 0.452 e. The van der Waals surface area contributed by atoms with Crippen LogP contribution in [0.1, 0.15) is 18.2 Å². The molecule has 0 radical (unpaired) electrons. The van der Waals surface area contributed by atoms with Crippen LogP contribution in [0.5, 0.6) is 0 Å². The first-order valence-corrected chi connectivity index (χ1v) is 9.30. The maximum absolute atomic E-state index is 12.6. The van der Waals surface area contributed by atoms with Gasteiger partial charge in [-0.1, -0.05) is 35.9 Å². The van der Waals surface area contributed by atoms with Crippen LogP contribution in [0.4, 0.5) is 5.69 Å². The summed E-state index contributed by atoms with van der Waals surface area (Å²) in [5.74, 6) is -0.859. The molecule has 0 saturated heterocycles. The molecule has 0 unspecified atom stereocenters. The molecule has 1 atom stereocenters. The Kier molecular flexibility index (Phi) is 4.88. The van der Waals surface area contributed by atoms with Crippen molar-refractivity contribution >= 4 is 40.9 Å². The van der Waals surface area contributed by atoms with Crippen LogP contribution in [0.3, 0.4) is 0 Å². The van der Waals surface area contributed by atoms with Crippen molar-refractivity contribution in [3.63, 3.8) is 0 Å². The minimum Gasteiger partial charge on any atom is -0.452 e. The number of imidazole rings is 1. The summed E-state index contributed by atoms with van der Waals surface area (Å²) in [6, 6.07) is 13.3. The Labute approximate surface area is 167 Å². The van der Waals surface area contributed by atoms with Crippen molar-refractivity contribution in [1.82, 2.24) is 9.38 Å². The number of nitrogens with zero attached hydrogens (tertiary/aromatic N) is 3. The molecule has 0 aliphatic carbocycles. The molecule has 7 heteroatoms. The van der Waals surface area contributed by atoms with Crippen LogP contribution >= 0.6 is 11.6 Å². The number of carbonyl (C=O) groups is 2. The van der Waals surface area contributed by atoms with Gasteiger partial charge in [-0.3, -0.25) is 9.20 Å². The van der Waals surface area contributed by atoms with E-state index in [4.69, 9.17) is 16.3 Å². The maximum atomic E-state index is 12.6. The Balaban J connectivity index is 1.41. The van der Waals surface area contributed by atoms with Gasteiger partial charge in [0.25, 0.3) is 5.91 Å². The minimum absolute atomic E-state index is 0.0381. The van der Waals surface area contributed by atoms with Gasteiger partial charge in [-0.2, -0.15) is 0 Å². The first-order valence-electron chi connectivity index (χ1n) is 8.92. The van der Waals surface area contributed by atoms with Gasteiger partial charge in [-0.25, -0.2) is 9.78 Å². The Hall–Kier alpha value is -3.12. The van der Waals surface area contributed by atoms with Crippen molar-refractivity contribution in [1.29, 1.82) is 0 Å². The molecule has 0 saturated carbocycles. The molecule has 2 aromatic heterocycles. The zero-order chi connectivity index (χ0) is 19.7. The maximum Gasteiger partial charge on any atom is 0.331 e. The Morgan fingerprint density at radius 3 is 2.89 bits per heavy atom. The zero-order valence-corrected chi connectivity index (χ0v) is 16.0. The number of aromatic nitrogens is 2. The van der Waals surface area contributed by atoms with E-state index in [-0.39, 0.29) is 23.7 Å². The summed E-state index contributed by atoms with van der Waals surface area (Å²) in [4.78, 5) is 30.6. The SMILES string of the molecule is C[C@@H]1Cc2ccccc2N1C(=O)COC(=O)/C=C/c1c(Cl)nc2ccccn12. The number of benzene rings is 1. The average Bonchev–Trinajstić information content (AvgIpc) is 3.19. The molecule has 6 nitrogen and oxygen atoms in total. The van der Waals surface area contributed by atoms with E-state index < -0.39 is 5.97 Å². The molecule has 1 aromatic carbocycles. The van der Waals surface area contributed by atoms with E-state index in [1.54, 1.807) is 15.5 Å². The smallest absolute Gasteiger partial charge is 0.331 e. The second-order valence-electron chi connectivity index (χ2n) is 6.60. The average molecular weight is 396 g/mol. The molecule has 4 rings (SSSR count). The number of fused-ring (bicyclic) bond motifs is 2. The second kappa shape index (κ2) is 7.48. The highest BCUT2D eigenvalue weighted by Gasteiger charge is 2.30. The fraction of sp³-hybridized carbons (Fsp3) is 0.190. The fourth-order valence-corrected chi connectivity index (χ4v) is 3.72. The van der Waals surface area contributed by atoms with E-state index in [1.165, 1.54) is 12.2 Å². The van der Waals surface area contributed by atoms with E-state index in [9.17, 15) is 9.59 Å². The number of esters is 1. The van der Waals surface area contributed by atoms with Gasteiger partial charge in [-0.05, 0) is 43.2 Å². The monoisotopic (exact) mass is 395 g/mol. The summed E-state index contributed by atoms with van der Waals surface area (Å²) in [5.41, 5.74) is 3.25. The molecule has 0 N–H and O–H groups in total. The normalized spacial score (nSPS) is 15.9. The zero-order valence-electron chi connectivity index (χ0n) is 15.2. The molecule has 1 amide bonds. The quantitative estimate of drug-likeness (QED) is 0.501. The lowest BCUT2D eigenvalue weighted by atomic mass is 10.1. The molecule has 3 aromatic rings. The van der Waals surface area contributed by atoms with Crippen LogP contribution in [0.2, 0.25) is 5.15 Å². The molecule has 0 fully saturated rings. The lowest BCUT2D eigenvalue weighted by Crippen LogP contribution is -2.38. The molecular weight excluding hydrogens is 378 g/mol. The molecule has 1 aliphatic rings. The Morgan fingerprint density at radius 1 is 1.25 bits per heavy atom. The van der Waals surface area contributed by atoms with E-state index in [0.29, 0.717) is 11.3 Å². The number of carbonyl (C=O) groups excluding carboxylic acids is 2. The molecular formula is C21H18ClN3O3. The highest BCUT2D eigenvalue weighted by atomic mass is 35.5. The molecule has 1 aliphatic heterocycles. The van der Waals surface area contributed by atoms with E-state index in [2.05, 4.69) is 4.98 Å². The van der Waals surface area contributed by atoms with Crippen molar-refractivity contribution in [2.24, 2.45) is 0 Å². The second-order valence-corrected chi connectivity index (χ2v) is 6.96. The highest BCUT2D eigenvalue weighted by molar-refractivity contribution is 6.31. The fourth-order valence-electron chi connectivity index (χ4n) is 3.48. The molecule has 28 heavy (non-hydrogen) atoms. The van der Waals surface area contributed by atoms with Gasteiger partial charge in [0.05, 0.1) is 5.69 Å². The van der Waals surface area contributed by atoms with Crippen molar-refractivity contribution in [3.8, 4) is 0 Å². The summed E-state index contributed by atoms with van der Waals surface area (Å²) in [6.07, 6.45) is 5.37. The number of ether oxygens (including phenoxy) is 1. The molecule has 0 bridgehead atoms. The number of para-hydroxylation sites is 1. The minimum atomic E-state index is -0.615. The molecule has 3 heterocycles.